The van der Waals surface area contributed by atoms with Gasteiger partial charge >= 0.3 is 0 Å². The topological polar surface area (TPSA) is 41.5 Å². The quantitative estimate of drug-likeness (QED) is 0.890. The molecule has 0 spiro atoms. The molecule has 21 heavy (non-hydrogen) atoms. The maximum Gasteiger partial charge on any atom is 0.128 e. The molecule has 4 heteroatoms. The molecule has 1 aliphatic heterocycles. The van der Waals surface area contributed by atoms with E-state index in [1.54, 1.807) is 11.3 Å². The van der Waals surface area contributed by atoms with Gasteiger partial charge in [-0.25, -0.2) is 0 Å². The first-order valence-electron chi connectivity index (χ1n) is 7.26. The number of benzene rings is 1. The zero-order chi connectivity index (χ0) is 14.9. The van der Waals surface area contributed by atoms with Crippen LogP contribution in [-0.2, 0) is 13.0 Å². The van der Waals surface area contributed by atoms with Gasteiger partial charge in [-0.15, -0.1) is 11.3 Å². The van der Waals surface area contributed by atoms with Crippen molar-refractivity contribution >= 4 is 11.3 Å². The van der Waals surface area contributed by atoms with Crippen molar-refractivity contribution in [3.05, 3.63) is 51.7 Å². The standard InChI is InChI=1S/C17H21NO2S/c1-17(2)9-12-5-3-7-14(16(12)20-17)15(11-19)18-10-13-6-4-8-21-13/h3-8,15,18-19H,9-11H2,1-2H3. The highest BCUT2D eigenvalue weighted by atomic mass is 32.1. The minimum atomic E-state index is -0.161. The van der Waals surface area contributed by atoms with Gasteiger partial charge in [-0.1, -0.05) is 24.3 Å². The maximum atomic E-state index is 9.75. The van der Waals surface area contributed by atoms with Crippen LogP contribution in [-0.4, -0.2) is 17.3 Å². The summed E-state index contributed by atoms with van der Waals surface area (Å²) in [4.78, 5) is 1.27. The van der Waals surface area contributed by atoms with Crippen molar-refractivity contribution < 1.29 is 9.84 Å². The van der Waals surface area contributed by atoms with Gasteiger partial charge in [0.15, 0.2) is 0 Å². The van der Waals surface area contributed by atoms with Crippen LogP contribution < -0.4 is 10.1 Å². The molecule has 1 unspecified atom stereocenters. The Hall–Kier alpha value is -1.36. The average molecular weight is 303 g/mol. The van der Waals surface area contributed by atoms with E-state index < -0.39 is 0 Å². The number of ether oxygens (including phenoxy) is 1. The molecule has 1 aliphatic rings. The number of para-hydroxylation sites is 1. The fraction of sp³-hybridized carbons (Fsp3) is 0.412. The van der Waals surface area contributed by atoms with Gasteiger partial charge in [-0.05, 0) is 30.9 Å². The monoisotopic (exact) mass is 303 g/mol. The first-order chi connectivity index (χ1) is 10.1. The van der Waals surface area contributed by atoms with Gasteiger partial charge in [0.1, 0.15) is 11.4 Å². The van der Waals surface area contributed by atoms with E-state index in [9.17, 15) is 5.11 Å². The number of rotatable bonds is 5. The van der Waals surface area contributed by atoms with Gasteiger partial charge in [0, 0.05) is 23.4 Å². The van der Waals surface area contributed by atoms with Crippen LogP contribution in [0.3, 0.4) is 0 Å². The average Bonchev–Trinajstić information content (AvgIpc) is 3.05. The second-order valence-electron chi connectivity index (χ2n) is 6.07. The molecular weight excluding hydrogens is 282 g/mol. The fourth-order valence-corrected chi connectivity index (χ4v) is 3.48. The lowest BCUT2D eigenvalue weighted by atomic mass is 9.98. The molecule has 1 aromatic heterocycles. The predicted molar refractivity (Wildman–Crippen MR) is 85.8 cm³/mol. The molecule has 1 aromatic carbocycles. The second kappa shape index (κ2) is 5.79. The maximum absolute atomic E-state index is 9.75. The first kappa shape index (κ1) is 14.6. The number of thiophene rings is 1. The molecular formula is C17H21NO2S. The summed E-state index contributed by atoms with van der Waals surface area (Å²) in [7, 11) is 0. The van der Waals surface area contributed by atoms with E-state index in [0.29, 0.717) is 0 Å². The molecule has 0 saturated heterocycles. The summed E-state index contributed by atoms with van der Waals surface area (Å²) in [5.41, 5.74) is 2.12. The van der Waals surface area contributed by atoms with Crippen LogP contribution in [0, 0.1) is 0 Å². The third-order valence-corrected chi connectivity index (χ3v) is 4.66. The summed E-state index contributed by atoms with van der Waals surface area (Å²) in [5, 5.41) is 15.2. The number of aliphatic hydroxyl groups is 1. The van der Waals surface area contributed by atoms with Crippen LogP contribution in [0.2, 0.25) is 0 Å². The zero-order valence-electron chi connectivity index (χ0n) is 12.4. The van der Waals surface area contributed by atoms with Gasteiger partial charge in [-0.2, -0.15) is 0 Å². The number of hydrogen-bond acceptors (Lipinski definition) is 4. The van der Waals surface area contributed by atoms with E-state index in [0.717, 1.165) is 24.3 Å². The largest absolute Gasteiger partial charge is 0.487 e. The number of aliphatic hydroxyl groups excluding tert-OH is 1. The first-order valence-corrected chi connectivity index (χ1v) is 8.14. The Bertz CT molecular complexity index is 607. The van der Waals surface area contributed by atoms with Crippen LogP contribution in [0.1, 0.15) is 35.9 Å². The van der Waals surface area contributed by atoms with Crippen molar-refractivity contribution in [2.45, 2.75) is 38.5 Å². The van der Waals surface area contributed by atoms with Gasteiger partial charge in [0.2, 0.25) is 0 Å². The minimum Gasteiger partial charge on any atom is -0.487 e. The van der Waals surface area contributed by atoms with E-state index in [2.05, 4.69) is 42.7 Å². The lowest BCUT2D eigenvalue weighted by molar-refractivity contribution is 0.134. The smallest absolute Gasteiger partial charge is 0.128 e. The molecule has 0 radical (unpaired) electrons. The van der Waals surface area contributed by atoms with Crippen LogP contribution in [0.5, 0.6) is 5.75 Å². The highest BCUT2D eigenvalue weighted by Gasteiger charge is 2.33. The number of fused-ring (bicyclic) bond motifs is 1. The molecule has 3 rings (SSSR count). The van der Waals surface area contributed by atoms with Gasteiger partial charge in [0.05, 0.1) is 12.6 Å². The van der Waals surface area contributed by atoms with E-state index in [4.69, 9.17) is 4.74 Å². The van der Waals surface area contributed by atoms with Gasteiger partial charge in [0.25, 0.3) is 0 Å². The molecule has 0 amide bonds. The van der Waals surface area contributed by atoms with Crippen molar-refractivity contribution in [3.63, 3.8) is 0 Å². The van der Waals surface area contributed by atoms with Crippen molar-refractivity contribution in [1.82, 2.24) is 5.32 Å². The molecule has 0 saturated carbocycles. The van der Waals surface area contributed by atoms with Crippen LogP contribution in [0.4, 0.5) is 0 Å². The van der Waals surface area contributed by atoms with Crippen LogP contribution >= 0.6 is 11.3 Å². The SMILES string of the molecule is CC1(C)Cc2cccc(C(CO)NCc3cccs3)c2O1. The molecule has 2 heterocycles. The van der Waals surface area contributed by atoms with E-state index in [1.165, 1.54) is 10.4 Å². The van der Waals surface area contributed by atoms with Crippen LogP contribution in [0.15, 0.2) is 35.7 Å². The van der Waals surface area contributed by atoms with Crippen LogP contribution in [0.25, 0.3) is 0 Å². The molecule has 3 nitrogen and oxygen atoms in total. The predicted octanol–water partition coefficient (Wildman–Crippen LogP) is 3.28. The summed E-state index contributed by atoms with van der Waals surface area (Å²) >= 11 is 1.72. The molecule has 1 atom stereocenters. The highest BCUT2D eigenvalue weighted by molar-refractivity contribution is 7.09. The third kappa shape index (κ3) is 3.12. The van der Waals surface area contributed by atoms with Gasteiger partial charge < -0.3 is 15.2 Å². The Balaban J connectivity index is 1.80. The van der Waals surface area contributed by atoms with Crippen molar-refractivity contribution in [3.8, 4) is 5.75 Å². The summed E-state index contributed by atoms with van der Waals surface area (Å²) < 4.78 is 6.10. The Labute approximate surface area is 129 Å². The Morgan fingerprint density at radius 1 is 1.33 bits per heavy atom. The molecule has 2 aromatic rings. The van der Waals surface area contributed by atoms with Crippen molar-refractivity contribution in [2.75, 3.05) is 6.61 Å². The summed E-state index contributed by atoms with van der Waals surface area (Å²) in [6, 6.07) is 10.2. The Morgan fingerprint density at radius 2 is 2.19 bits per heavy atom. The van der Waals surface area contributed by atoms with E-state index >= 15 is 0 Å². The highest BCUT2D eigenvalue weighted by Crippen LogP contribution is 2.39. The van der Waals surface area contributed by atoms with Crippen molar-refractivity contribution in [2.24, 2.45) is 0 Å². The summed E-state index contributed by atoms with van der Waals surface area (Å²) in [5.74, 6) is 0.945. The third-order valence-electron chi connectivity index (χ3n) is 3.78. The molecule has 112 valence electrons. The Morgan fingerprint density at radius 3 is 2.90 bits per heavy atom. The fourth-order valence-electron chi connectivity index (χ4n) is 2.82. The van der Waals surface area contributed by atoms with E-state index in [-0.39, 0.29) is 18.2 Å². The molecule has 2 N–H and O–H groups in total. The Kier molecular flexibility index (Phi) is 4.02. The molecule has 0 bridgehead atoms. The lowest BCUT2D eigenvalue weighted by Crippen LogP contribution is -2.27. The zero-order valence-corrected chi connectivity index (χ0v) is 13.2. The number of nitrogens with one attached hydrogen (secondary N) is 1. The number of hydrogen-bond donors (Lipinski definition) is 2. The van der Waals surface area contributed by atoms with E-state index in [1.807, 2.05) is 12.1 Å². The molecule has 0 aliphatic carbocycles. The second-order valence-corrected chi connectivity index (χ2v) is 7.10. The minimum absolute atomic E-state index is 0.0611. The molecule has 0 fully saturated rings. The summed E-state index contributed by atoms with van der Waals surface area (Å²) in [6.45, 7) is 5.02. The lowest BCUT2D eigenvalue weighted by Gasteiger charge is -2.22. The van der Waals surface area contributed by atoms with Crippen molar-refractivity contribution in [1.29, 1.82) is 0 Å². The normalized spacial score (nSPS) is 17.3. The van der Waals surface area contributed by atoms with Gasteiger partial charge in [-0.3, -0.25) is 0 Å². The summed E-state index contributed by atoms with van der Waals surface area (Å²) in [6.07, 6.45) is 0.916.